The highest BCUT2D eigenvalue weighted by Crippen LogP contribution is 2.06. The monoisotopic (exact) mass is 216 g/mol. The van der Waals surface area contributed by atoms with Crippen molar-refractivity contribution in [3.05, 3.63) is 0 Å². The van der Waals surface area contributed by atoms with E-state index in [4.69, 9.17) is 0 Å². The number of hydrogen-bond acceptors (Lipinski definition) is 3. The maximum Gasteiger partial charge on any atom is 0.234 e. The Kier molecular flexibility index (Phi) is 4.74. The van der Waals surface area contributed by atoms with E-state index in [9.17, 15) is 9.90 Å². The number of rotatable bonds is 4. The van der Waals surface area contributed by atoms with Gasteiger partial charge in [0, 0.05) is 11.6 Å². The molecule has 0 aromatic heterocycles. The van der Waals surface area contributed by atoms with Crippen LogP contribution in [0.1, 0.15) is 41.5 Å². The number of carbonyl (C=O) groups is 1. The Balaban J connectivity index is 3.92. The molecule has 15 heavy (non-hydrogen) atoms. The summed E-state index contributed by atoms with van der Waals surface area (Å²) in [7, 11) is 0. The lowest BCUT2D eigenvalue weighted by Gasteiger charge is -2.27. The van der Waals surface area contributed by atoms with Crippen LogP contribution in [0.2, 0.25) is 0 Å². The lowest BCUT2D eigenvalue weighted by atomic mass is 10.0. The molecular formula is C11H24N2O2. The molecule has 0 spiro atoms. The predicted octanol–water partition coefficient (Wildman–Crippen LogP) is 0.650. The molecule has 1 atom stereocenters. The molecule has 0 aromatic rings. The molecule has 0 aliphatic rings. The van der Waals surface area contributed by atoms with Gasteiger partial charge in [-0.25, -0.2) is 0 Å². The molecule has 0 saturated heterocycles. The van der Waals surface area contributed by atoms with Gasteiger partial charge in [0.05, 0.1) is 12.1 Å². The van der Waals surface area contributed by atoms with Gasteiger partial charge in [0.1, 0.15) is 0 Å². The van der Waals surface area contributed by atoms with E-state index in [0.717, 1.165) is 0 Å². The van der Waals surface area contributed by atoms with Crippen molar-refractivity contribution in [1.29, 1.82) is 0 Å². The topological polar surface area (TPSA) is 61.4 Å². The van der Waals surface area contributed by atoms with Crippen molar-refractivity contribution in [3.8, 4) is 0 Å². The Morgan fingerprint density at radius 3 is 2.07 bits per heavy atom. The first-order valence-electron chi connectivity index (χ1n) is 5.29. The molecule has 1 unspecified atom stereocenters. The summed E-state index contributed by atoms with van der Waals surface area (Å²) in [6.07, 6.45) is 0. The second-order valence-corrected chi connectivity index (χ2v) is 5.55. The van der Waals surface area contributed by atoms with Crippen molar-refractivity contribution in [2.75, 3.05) is 6.54 Å². The molecular weight excluding hydrogens is 192 g/mol. The average Bonchev–Trinajstić information content (AvgIpc) is 1.94. The van der Waals surface area contributed by atoms with Crippen LogP contribution in [-0.2, 0) is 4.79 Å². The quantitative estimate of drug-likeness (QED) is 0.646. The highest BCUT2D eigenvalue weighted by molar-refractivity contribution is 5.78. The number of carbonyl (C=O) groups excluding carboxylic acids is 1. The van der Waals surface area contributed by atoms with E-state index >= 15 is 0 Å². The van der Waals surface area contributed by atoms with Gasteiger partial charge in [0.15, 0.2) is 0 Å². The van der Waals surface area contributed by atoms with E-state index in [1.54, 1.807) is 13.8 Å². The zero-order valence-electron chi connectivity index (χ0n) is 10.6. The highest BCUT2D eigenvalue weighted by atomic mass is 16.3. The summed E-state index contributed by atoms with van der Waals surface area (Å²) in [5.74, 6) is -0.0569. The summed E-state index contributed by atoms with van der Waals surface area (Å²) in [5.41, 5.74) is -1.03. The smallest absolute Gasteiger partial charge is 0.234 e. The normalized spacial score (nSPS) is 14.9. The van der Waals surface area contributed by atoms with Crippen molar-refractivity contribution in [2.24, 2.45) is 0 Å². The van der Waals surface area contributed by atoms with Crippen molar-refractivity contribution in [2.45, 2.75) is 58.7 Å². The Hall–Kier alpha value is -0.610. The van der Waals surface area contributed by atoms with Crippen LogP contribution in [0, 0.1) is 0 Å². The largest absolute Gasteiger partial charge is 0.389 e. The average molecular weight is 216 g/mol. The zero-order chi connectivity index (χ0) is 12.3. The van der Waals surface area contributed by atoms with Crippen LogP contribution in [0.15, 0.2) is 0 Å². The van der Waals surface area contributed by atoms with Crippen LogP contribution in [0.3, 0.4) is 0 Å². The molecule has 0 bridgehead atoms. The van der Waals surface area contributed by atoms with Crippen LogP contribution in [-0.4, -0.2) is 34.7 Å². The highest BCUT2D eigenvalue weighted by Gasteiger charge is 2.22. The summed E-state index contributed by atoms with van der Waals surface area (Å²) < 4.78 is 0. The molecule has 3 N–H and O–H groups in total. The second kappa shape index (κ2) is 4.94. The Labute approximate surface area is 92.4 Å². The standard InChI is InChI=1S/C11H24N2O2/c1-8(11(5,6)15)12-7-9(14)13-10(2,3)4/h8,12,15H,7H2,1-6H3,(H,13,14). The molecule has 0 fully saturated rings. The molecule has 4 nitrogen and oxygen atoms in total. The fourth-order valence-corrected chi connectivity index (χ4v) is 0.958. The van der Waals surface area contributed by atoms with E-state index in [0.29, 0.717) is 0 Å². The summed E-state index contributed by atoms with van der Waals surface area (Å²) >= 11 is 0. The van der Waals surface area contributed by atoms with Gasteiger partial charge in [-0.3, -0.25) is 4.79 Å². The SMILES string of the molecule is CC(NCC(=O)NC(C)(C)C)C(C)(C)O. The van der Waals surface area contributed by atoms with Crippen molar-refractivity contribution >= 4 is 5.91 Å². The van der Waals surface area contributed by atoms with Crippen LogP contribution >= 0.6 is 0 Å². The molecule has 90 valence electrons. The molecule has 0 saturated carbocycles. The van der Waals surface area contributed by atoms with Gasteiger partial charge in [-0.1, -0.05) is 0 Å². The fourth-order valence-electron chi connectivity index (χ4n) is 0.958. The summed E-state index contributed by atoms with van der Waals surface area (Å²) in [4.78, 5) is 11.4. The number of hydrogen-bond donors (Lipinski definition) is 3. The molecule has 0 rings (SSSR count). The summed E-state index contributed by atoms with van der Waals surface area (Å²) in [6.45, 7) is 11.3. The molecule has 0 aliphatic heterocycles. The molecule has 4 heteroatoms. The molecule has 1 amide bonds. The van der Waals surface area contributed by atoms with Gasteiger partial charge in [0.2, 0.25) is 5.91 Å². The van der Waals surface area contributed by atoms with Gasteiger partial charge in [-0.15, -0.1) is 0 Å². The van der Waals surface area contributed by atoms with Crippen molar-refractivity contribution < 1.29 is 9.90 Å². The Morgan fingerprint density at radius 1 is 1.27 bits per heavy atom. The van der Waals surface area contributed by atoms with Gasteiger partial charge >= 0.3 is 0 Å². The maximum absolute atomic E-state index is 11.4. The van der Waals surface area contributed by atoms with E-state index in [1.807, 2.05) is 27.7 Å². The third-order valence-corrected chi connectivity index (χ3v) is 2.14. The van der Waals surface area contributed by atoms with Gasteiger partial charge in [-0.2, -0.15) is 0 Å². The first kappa shape index (κ1) is 14.4. The van der Waals surface area contributed by atoms with Crippen molar-refractivity contribution in [1.82, 2.24) is 10.6 Å². The molecule has 0 radical (unpaired) electrons. The van der Waals surface area contributed by atoms with E-state index in [1.165, 1.54) is 0 Å². The minimum Gasteiger partial charge on any atom is -0.389 e. The third-order valence-electron chi connectivity index (χ3n) is 2.14. The number of aliphatic hydroxyl groups is 1. The third kappa shape index (κ3) is 7.33. The second-order valence-electron chi connectivity index (χ2n) is 5.55. The van der Waals surface area contributed by atoms with Gasteiger partial charge < -0.3 is 15.7 Å². The van der Waals surface area contributed by atoms with E-state index in [-0.39, 0.29) is 24.0 Å². The van der Waals surface area contributed by atoms with Gasteiger partial charge in [-0.05, 0) is 41.5 Å². The minimum absolute atomic E-state index is 0.0569. The Morgan fingerprint density at radius 2 is 1.73 bits per heavy atom. The summed E-state index contributed by atoms with van der Waals surface area (Å²) in [5, 5.41) is 15.5. The van der Waals surface area contributed by atoms with Gasteiger partial charge in [0.25, 0.3) is 0 Å². The van der Waals surface area contributed by atoms with Crippen LogP contribution in [0.4, 0.5) is 0 Å². The molecule has 0 heterocycles. The minimum atomic E-state index is -0.817. The van der Waals surface area contributed by atoms with Crippen molar-refractivity contribution in [3.63, 3.8) is 0 Å². The Bertz CT molecular complexity index is 214. The summed E-state index contributed by atoms with van der Waals surface area (Å²) in [6, 6.07) is -0.122. The van der Waals surface area contributed by atoms with E-state index < -0.39 is 5.60 Å². The lowest BCUT2D eigenvalue weighted by molar-refractivity contribution is -0.122. The first-order chi connectivity index (χ1) is 6.52. The lowest BCUT2D eigenvalue weighted by Crippen LogP contribution is -2.50. The van der Waals surface area contributed by atoms with Crippen LogP contribution in [0.5, 0.6) is 0 Å². The first-order valence-corrected chi connectivity index (χ1v) is 5.29. The molecule has 0 aromatic carbocycles. The number of nitrogens with one attached hydrogen (secondary N) is 2. The zero-order valence-corrected chi connectivity index (χ0v) is 10.6. The molecule has 0 aliphatic carbocycles. The maximum atomic E-state index is 11.4. The van der Waals surface area contributed by atoms with E-state index in [2.05, 4.69) is 10.6 Å². The fraction of sp³-hybridized carbons (Fsp3) is 0.909. The predicted molar refractivity (Wildman–Crippen MR) is 61.7 cm³/mol. The van der Waals surface area contributed by atoms with Crippen LogP contribution < -0.4 is 10.6 Å². The number of amides is 1. The van der Waals surface area contributed by atoms with Crippen LogP contribution in [0.25, 0.3) is 0 Å².